The Morgan fingerprint density at radius 2 is 1.52 bits per heavy atom. The van der Waals surface area contributed by atoms with Gasteiger partial charge in [0.15, 0.2) is 0 Å². The van der Waals surface area contributed by atoms with Gasteiger partial charge < -0.3 is 4.74 Å². The van der Waals surface area contributed by atoms with Crippen molar-refractivity contribution in [1.29, 1.82) is 0 Å². The summed E-state index contributed by atoms with van der Waals surface area (Å²) in [5, 5.41) is 0. The van der Waals surface area contributed by atoms with E-state index < -0.39 is 29.3 Å². The van der Waals surface area contributed by atoms with E-state index in [1.54, 1.807) is 12.1 Å². The third-order valence-corrected chi connectivity index (χ3v) is 4.92. The molecule has 0 saturated carbocycles. The maximum atomic E-state index is 14.2. The van der Waals surface area contributed by atoms with Gasteiger partial charge in [-0.05, 0) is 72.0 Å². The molecule has 0 aromatic heterocycles. The molecule has 0 spiro atoms. The fourth-order valence-electron chi connectivity index (χ4n) is 3.16. The number of carbonyl (C=O) groups is 1. The van der Waals surface area contributed by atoms with Crippen molar-refractivity contribution in [2.75, 3.05) is 0 Å². The van der Waals surface area contributed by atoms with E-state index in [1.165, 1.54) is 24.3 Å². The van der Waals surface area contributed by atoms with E-state index in [2.05, 4.69) is 6.92 Å². The molecule has 3 rings (SSSR count). The molecule has 0 radical (unpaired) electrons. The van der Waals surface area contributed by atoms with Crippen molar-refractivity contribution in [1.82, 2.24) is 0 Å². The summed E-state index contributed by atoms with van der Waals surface area (Å²) >= 11 is 0. The highest BCUT2D eigenvalue weighted by Gasteiger charge is 2.23. The normalized spacial score (nSPS) is 11.7. The smallest absolute Gasteiger partial charge is 0.409 e. The number of hydrogen-bond acceptors (Lipinski definition) is 2. The van der Waals surface area contributed by atoms with Crippen LogP contribution in [0.15, 0.2) is 66.7 Å². The number of alkyl halides is 3. The Balaban J connectivity index is 1.71. The first-order valence-corrected chi connectivity index (χ1v) is 10.3. The van der Waals surface area contributed by atoms with Crippen molar-refractivity contribution in [3.05, 3.63) is 95.1 Å². The lowest BCUT2D eigenvalue weighted by Crippen LogP contribution is -2.08. The van der Waals surface area contributed by atoms with Crippen molar-refractivity contribution >= 4 is 12.0 Å². The van der Waals surface area contributed by atoms with Crippen LogP contribution in [0.3, 0.4) is 0 Å². The number of halogens is 5. The largest absolute Gasteiger partial charge is 0.423 e. The fraction of sp³-hybridized carbons (Fsp3) is 0.192. The lowest BCUT2D eigenvalue weighted by Gasteiger charge is -2.09. The summed E-state index contributed by atoms with van der Waals surface area (Å²) in [6, 6.07) is 15.0. The predicted molar refractivity (Wildman–Crippen MR) is 117 cm³/mol. The molecule has 33 heavy (non-hydrogen) atoms. The van der Waals surface area contributed by atoms with Gasteiger partial charge in [-0.25, -0.2) is 13.6 Å². The molecule has 0 aliphatic heterocycles. The summed E-state index contributed by atoms with van der Waals surface area (Å²) in [5.41, 5.74) is 1.29. The van der Waals surface area contributed by atoms with Crippen LogP contribution < -0.4 is 4.74 Å². The second-order valence-corrected chi connectivity index (χ2v) is 7.44. The molecule has 0 aliphatic rings. The molecular formula is C26H21F5O2. The minimum absolute atomic E-state index is 0.134. The number of carbonyl (C=O) groups excluding carboxylic acids is 1. The highest BCUT2D eigenvalue weighted by atomic mass is 19.4. The van der Waals surface area contributed by atoms with E-state index >= 15 is 0 Å². The standard InChI is InChI=1S/C26H21F5O2/c1-2-3-4-17-5-7-19(8-6-17)25(32)33-21-11-9-18(10-12-21)20-15-23(27)22(24(28)16-20)13-14-26(29,30)31/h5-16H,2-4H2,1H3/b14-13+. The van der Waals surface area contributed by atoms with Gasteiger partial charge in [0.2, 0.25) is 0 Å². The lowest BCUT2D eigenvalue weighted by atomic mass is 10.0. The van der Waals surface area contributed by atoms with Crippen molar-refractivity contribution in [2.45, 2.75) is 32.4 Å². The van der Waals surface area contributed by atoms with Gasteiger partial charge in [-0.2, -0.15) is 13.2 Å². The van der Waals surface area contributed by atoms with Crippen molar-refractivity contribution < 1.29 is 31.5 Å². The van der Waals surface area contributed by atoms with Gasteiger partial charge in [0.25, 0.3) is 0 Å². The monoisotopic (exact) mass is 460 g/mol. The number of esters is 1. The van der Waals surface area contributed by atoms with E-state index in [1.807, 2.05) is 12.1 Å². The van der Waals surface area contributed by atoms with Crippen LogP contribution in [0, 0.1) is 11.6 Å². The zero-order valence-electron chi connectivity index (χ0n) is 17.8. The average molecular weight is 460 g/mol. The Labute approximate surface area is 188 Å². The zero-order valence-corrected chi connectivity index (χ0v) is 17.8. The Morgan fingerprint density at radius 1 is 0.909 bits per heavy atom. The summed E-state index contributed by atoms with van der Waals surface area (Å²) in [6.07, 6.45) is -1.46. The predicted octanol–water partition coefficient (Wildman–Crippen LogP) is 7.77. The van der Waals surface area contributed by atoms with Crippen LogP contribution in [-0.4, -0.2) is 12.1 Å². The molecule has 2 nitrogen and oxygen atoms in total. The first-order chi connectivity index (χ1) is 15.7. The number of ether oxygens (including phenoxy) is 1. The van der Waals surface area contributed by atoms with Gasteiger partial charge in [0, 0.05) is 11.6 Å². The van der Waals surface area contributed by atoms with E-state index in [0.29, 0.717) is 17.2 Å². The minimum Gasteiger partial charge on any atom is -0.423 e. The maximum Gasteiger partial charge on any atom is 0.409 e. The SMILES string of the molecule is CCCCc1ccc(C(=O)Oc2ccc(-c3cc(F)c(/C=C/C(F)(F)F)c(F)c3)cc2)cc1. The van der Waals surface area contributed by atoms with E-state index in [9.17, 15) is 26.7 Å². The Morgan fingerprint density at radius 3 is 2.06 bits per heavy atom. The summed E-state index contributed by atoms with van der Waals surface area (Å²) in [6.45, 7) is 2.11. The molecule has 0 aliphatic carbocycles. The van der Waals surface area contributed by atoms with Gasteiger partial charge >= 0.3 is 12.1 Å². The molecule has 0 heterocycles. The Bertz CT molecular complexity index is 1110. The Hall–Kier alpha value is -3.48. The van der Waals surface area contributed by atoms with Crippen LogP contribution in [-0.2, 0) is 6.42 Å². The first-order valence-electron chi connectivity index (χ1n) is 10.3. The molecule has 3 aromatic rings. The molecule has 3 aromatic carbocycles. The van der Waals surface area contributed by atoms with Crippen LogP contribution in [0.4, 0.5) is 22.0 Å². The van der Waals surface area contributed by atoms with Crippen molar-refractivity contribution in [3.8, 4) is 16.9 Å². The third kappa shape index (κ3) is 6.75. The van der Waals surface area contributed by atoms with Crippen LogP contribution >= 0.6 is 0 Å². The second-order valence-electron chi connectivity index (χ2n) is 7.44. The summed E-state index contributed by atoms with van der Waals surface area (Å²) < 4.78 is 70.5. The molecular weight excluding hydrogens is 439 g/mol. The van der Waals surface area contributed by atoms with E-state index in [4.69, 9.17) is 4.74 Å². The van der Waals surface area contributed by atoms with Gasteiger partial charge in [-0.15, -0.1) is 0 Å². The van der Waals surface area contributed by atoms with Crippen molar-refractivity contribution in [3.63, 3.8) is 0 Å². The Kier molecular flexibility index (Phi) is 7.63. The number of aryl methyl sites for hydroxylation is 1. The highest BCUT2D eigenvalue weighted by molar-refractivity contribution is 5.91. The zero-order chi connectivity index (χ0) is 24.0. The minimum atomic E-state index is -4.68. The molecule has 0 amide bonds. The van der Waals surface area contributed by atoms with Gasteiger partial charge in [-0.3, -0.25) is 0 Å². The van der Waals surface area contributed by atoms with Crippen LogP contribution in [0.1, 0.15) is 41.3 Å². The van der Waals surface area contributed by atoms with Gasteiger partial charge in [0.05, 0.1) is 5.56 Å². The van der Waals surface area contributed by atoms with E-state index in [-0.39, 0.29) is 17.4 Å². The number of benzene rings is 3. The molecule has 0 unspecified atom stereocenters. The van der Waals surface area contributed by atoms with Crippen LogP contribution in [0.2, 0.25) is 0 Å². The van der Waals surface area contributed by atoms with E-state index in [0.717, 1.165) is 37.0 Å². The van der Waals surface area contributed by atoms with Gasteiger partial charge in [-0.1, -0.05) is 37.6 Å². The number of rotatable bonds is 7. The summed E-state index contributed by atoms with van der Waals surface area (Å²) in [4.78, 5) is 12.3. The van der Waals surface area contributed by atoms with Crippen LogP contribution in [0.25, 0.3) is 17.2 Å². The van der Waals surface area contributed by atoms with Crippen LogP contribution in [0.5, 0.6) is 5.75 Å². The molecule has 172 valence electrons. The highest BCUT2D eigenvalue weighted by Crippen LogP contribution is 2.28. The third-order valence-electron chi connectivity index (χ3n) is 4.92. The van der Waals surface area contributed by atoms with Gasteiger partial charge in [0.1, 0.15) is 17.4 Å². The number of allylic oxidation sites excluding steroid dienone is 1. The average Bonchev–Trinajstić information content (AvgIpc) is 2.77. The number of hydrogen-bond donors (Lipinski definition) is 0. The van der Waals surface area contributed by atoms with Crippen molar-refractivity contribution in [2.24, 2.45) is 0 Å². The quantitative estimate of drug-likeness (QED) is 0.205. The molecule has 0 saturated heterocycles. The molecule has 0 fully saturated rings. The maximum absolute atomic E-state index is 14.2. The molecule has 7 heteroatoms. The fourth-order valence-corrected chi connectivity index (χ4v) is 3.16. The molecule has 0 bridgehead atoms. The topological polar surface area (TPSA) is 26.3 Å². The second kappa shape index (κ2) is 10.4. The molecule has 0 atom stereocenters. The lowest BCUT2D eigenvalue weighted by molar-refractivity contribution is -0.0790. The summed E-state index contributed by atoms with van der Waals surface area (Å²) in [7, 11) is 0. The number of unbranched alkanes of at least 4 members (excludes halogenated alkanes) is 1. The molecule has 0 N–H and O–H groups in total. The first kappa shape index (κ1) is 24.2. The summed E-state index contributed by atoms with van der Waals surface area (Å²) in [5.74, 6) is -2.54.